The molecule has 0 bridgehead atoms. The Morgan fingerprint density at radius 1 is 1.08 bits per heavy atom. The molecule has 0 radical (unpaired) electrons. The normalized spacial score (nSPS) is 23.1. The summed E-state index contributed by atoms with van der Waals surface area (Å²) in [5, 5.41) is 13.5. The fourth-order valence-corrected chi connectivity index (χ4v) is 4.33. The zero-order chi connectivity index (χ0) is 17.6. The van der Waals surface area contributed by atoms with E-state index in [0.717, 1.165) is 37.5 Å². The van der Waals surface area contributed by atoms with E-state index in [0.29, 0.717) is 0 Å². The first-order valence-corrected chi connectivity index (χ1v) is 9.92. The van der Waals surface area contributed by atoms with Crippen molar-refractivity contribution < 1.29 is 9.90 Å². The average molecular weight is 344 g/mol. The van der Waals surface area contributed by atoms with E-state index in [-0.39, 0.29) is 17.9 Å². The molecule has 4 nitrogen and oxygen atoms in total. The van der Waals surface area contributed by atoms with Crippen molar-refractivity contribution in [3.63, 3.8) is 0 Å². The molecule has 1 heterocycles. The highest BCUT2D eigenvalue weighted by Crippen LogP contribution is 2.27. The Labute approximate surface area is 151 Å². The number of hydrogen-bond acceptors (Lipinski definition) is 3. The second kappa shape index (κ2) is 8.81. The summed E-state index contributed by atoms with van der Waals surface area (Å²) in [6, 6.07) is 10.0. The minimum atomic E-state index is -0.660. The molecule has 2 N–H and O–H groups in total. The first kappa shape index (κ1) is 18.4. The van der Waals surface area contributed by atoms with Gasteiger partial charge in [0.2, 0.25) is 5.91 Å². The van der Waals surface area contributed by atoms with Gasteiger partial charge in [0.05, 0.1) is 12.1 Å². The fourth-order valence-electron chi connectivity index (χ4n) is 4.33. The number of aliphatic hydroxyl groups excluding tert-OH is 1. The summed E-state index contributed by atoms with van der Waals surface area (Å²) in [6.07, 6.45) is 7.99. The van der Waals surface area contributed by atoms with Crippen LogP contribution in [0.1, 0.15) is 63.5 Å². The highest BCUT2D eigenvalue weighted by atomic mass is 16.3. The van der Waals surface area contributed by atoms with Gasteiger partial charge in [0.1, 0.15) is 0 Å². The van der Waals surface area contributed by atoms with Crippen LogP contribution in [0.3, 0.4) is 0 Å². The molecule has 0 spiro atoms. The molecule has 1 aromatic rings. The Kier molecular flexibility index (Phi) is 6.49. The summed E-state index contributed by atoms with van der Waals surface area (Å²) in [5.41, 5.74) is 0.849. The third-order valence-electron chi connectivity index (χ3n) is 5.98. The highest BCUT2D eigenvalue weighted by molar-refractivity contribution is 5.79. The van der Waals surface area contributed by atoms with E-state index in [1.165, 1.54) is 32.1 Å². The molecule has 1 amide bonds. The lowest BCUT2D eigenvalue weighted by molar-refractivity contribution is -0.128. The van der Waals surface area contributed by atoms with Gasteiger partial charge < -0.3 is 15.3 Å². The van der Waals surface area contributed by atoms with Crippen LogP contribution in [0, 0.1) is 5.92 Å². The highest BCUT2D eigenvalue weighted by Gasteiger charge is 2.30. The van der Waals surface area contributed by atoms with Crippen molar-refractivity contribution in [3.05, 3.63) is 35.9 Å². The van der Waals surface area contributed by atoms with Gasteiger partial charge in [0, 0.05) is 12.0 Å². The van der Waals surface area contributed by atoms with Crippen LogP contribution in [0.5, 0.6) is 0 Å². The SMILES string of the molecule is C[C@H](NC(=O)C1CCN(C2CCCCC2)CC1)[C@H](O)c1ccccc1. The summed E-state index contributed by atoms with van der Waals surface area (Å²) in [5.74, 6) is 0.191. The van der Waals surface area contributed by atoms with Gasteiger partial charge in [-0.15, -0.1) is 0 Å². The van der Waals surface area contributed by atoms with Crippen LogP contribution in [0.2, 0.25) is 0 Å². The Bertz CT molecular complexity index is 534. The molecule has 4 heteroatoms. The molecule has 1 saturated carbocycles. The maximum absolute atomic E-state index is 12.6. The number of piperidine rings is 1. The first-order chi connectivity index (χ1) is 12.1. The molecule has 1 aliphatic heterocycles. The smallest absolute Gasteiger partial charge is 0.223 e. The van der Waals surface area contributed by atoms with E-state index >= 15 is 0 Å². The van der Waals surface area contributed by atoms with Gasteiger partial charge in [0.25, 0.3) is 0 Å². The number of amides is 1. The van der Waals surface area contributed by atoms with Crippen LogP contribution in [-0.2, 0) is 4.79 Å². The summed E-state index contributed by atoms with van der Waals surface area (Å²) < 4.78 is 0. The molecule has 2 fully saturated rings. The second-order valence-corrected chi connectivity index (χ2v) is 7.75. The zero-order valence-corrected chi connectivity index (χ0v) is 15.4. The lowest BCUT2D eigenvalue weighted by Gasteiger charge is -2.39. The summed E-state index contributed by atoms with van der Waals surface area (Å²) in [7, 11) is 0. The van der Waals surface area contributed by atoms with Crippen LogP contribution in [0.15, 0.2) is 30.3 Å². The number of rotatable bonds is 5. The van der Waals surface area contributed by atoms with Crippen LogP contribution < -0.4 is 5.32 Å². The molecule has 2 aliphatic rings. The van der Waals surface area contributed by atoms with Gasteiger partial charge in [-0.2, -0.15) is 0 Å². The number of nitrogens with one attached hydrogen (secondary N) is 1. The van der Waals surface area contributed by atoms with Gasteiger partial charge >= 0.3 is 0 Å². The van der Waals surface area contributed by atoms with Crippen LogP contribution in [0.4, 0.5) is 0 Å². The van der Waals surface area contributed by atoms with Gasteiger partial charge in [-0.25, -0.2) is 0 Å². The van der Waals surface area contributed by atoms with Gasteiger partial charge in [0.15, 0.2) is 0 Å². The van der Waals surface area contributed by atoms with E-state index in [4.69, 9.17) is 0 Å². The second-order valence-electron chi connectivity index (χ2n) is 7.75. The van der Waals surface area contributed by atoms with Crippen LogP contribution >= 0.6 is 0 Å². The molecular weight excluding hydrogens is 312 g/mol. The van der Waals surface area contributed by atoms with Gasteiger partial charge in [-0.05, 0) is 51.3 Å². The Morgan fingerprint density at radius 2 is 1.72 bits per heavy atom. The monoisotopic (exact) mass is 344 g/mol. The van der Waals surface area contributed by atoms with Crippen LogP contribution in [-0.4, -0.2) is 41.1 Å². The first-order valence-electron chi connectivity index (χ1n) is 9.92. The number of hydrogen-bond donors (Lipinski definition) is 2. The molecule has 2 atom stereocenters. The topological polar surface area (TPSA) is 52.6 Å². The van der Waals surface area contributed by atoms with Crippen molar-refractivity contribution in [2.75, 3.05) is 13.1 Å². The average Bonchev–Trinajstić information content (AvgIpc) is 2.68. The molecule has 1 aliphatic carbocycles. The minimum Gasteiger partial charge on any atom is -0.386 e. The van der Waals surface area contributed by atoms with Crippen LogP contribution in [0.25, 0.3) is 0 Å². The third kappa shape index (κ3) is 4.83. The Hall–Kier alpha value is -1.39. The summed E-state index contributed by atoms with van der Waals surface area (Å²) in [6.45, 7) is 3.96. The lowest BCUT2D eigenvalue weighted by atomic mass is 9.89. The number of benzene rings is 1. The molecule has 1 aromatic carbocycles. The number of carbonyl (C=O) groups is 1. The van der Waals surface area contributed by atoms with Gasteiger partial charge in [-0.3, -0.25) is 4.79 Å². The molecular formula is C21H32N2O2. The molecule has 0 unspecified atom stereocenters. The van der Waals surface area contributed by atoms with Crippen molar-refractivity contribution in [1.29, 1.82) is 0 Å². The number of carbonyl (C=O) groups excluding carboxylic acids is 1. The van der Waals surface area contributed by atoms with Crippen molar-refractivity contribution in [2.24, 2.45) is 5.92 Å². The molecule has 1 saturated heterocycles. The minimum absolute atomic E-state index is 0.0882. The van der Waals surface area contributed by atoms with Crippen molar-refractivity contribution in [2.45, 2.75) is 70.1 Å². The molecule has 3 rings (SSSR count). The fraction of sp³-hybridized carbons (Fsp3) is 0.667. The standard InChI is InChI=1S/C21H32N2O2/c1-16(20(24)17-8-4-2-5-9-17)22-21(25)18-12-14-23(15-13-18)19-10-6-3-7-11-19/h2,4-5,8-9,16,18-20,24H,3,6-7,10-15H2,1H3,(H,22,25)/t16-,20-/m0/s1. The van der Waals surface area contributed by atoms with E-state index in [9.17, 15) is 9.90 Å². The predicted octanol–water partition coefficient (Wildman–Crippen LogP) is 3.27. The third-order valence-corrected chi connectivity index (χ3v) is 5.98. The van der Waals surface area contributed by atoms with Crippen molar-refractivity contribution >= 4 is 5.91 Å². The largest absolute Gasteiger partial charge is 0.386 e. The number of aliphatic hydroxyl groups is 1. The van der Waals surface area contributed by atoms with E-state index in [1.54, 1.807) is 0 Å². The van der Waals surface area contributed by atoms with Crippen molar-refractivity contribution in [3.8, 4) is 0 Å². The zero-order valence-electron chi connectivity index (χ0n) is 15.4. The maximum Gasteiger partial charge on any atom is 0.223 e. The maximum atomic E-state index is 12.6. The Morgan fingerprint density at radius 3 is 2.36 bits per heavy atom. The number of nitrogens with zero attached hydrogens (tertiary/aromatic N) is 1. The van der Waals surface area contributed by atoms with Crippen molar-refractivity contribution in [1.82, 2.24) is 10.2 Å². The van der Waals surface area contributed by atoms with E-state index in [1.807, 2.05) is 37.3 Å². The van der Waals surface area contributed by atoms with E-state index < -0.39 is 6.10 Å². The summed E-state index contributed by atoms with van der Waals surface area (Å²) >= 11 is 0. The Balaban J connectivity index is 1.46. The summed E-state index contributed by atoms with van der Waals surface area (Å²) in [4.78, 5) is 15.2. The molecule has 25 heavy (non-hydrogen) atoms. The molecule has 0 aromatic heterocycles. The van der Waals surface area contributed by atoms with Gasteiger partial charge in [-0.1, -0.05) is 49.6 Å². The lowest BCUT2D eigenvalue weighted by Crippen LogP contribution is -2.47. The molecule has 138 valence electrons. The number of likely N-dealkylation sites (tertiary alicyclic amines) is 1. The predicted molar refractivity (Wildman–Crippen MR) is 100 cm³/mol. The quantitative estimate of drug-likeness (QED) is 0.862. The van der Waals surface area contributed by atoms with E-state index in [2.05, 4.69) is 10.2 Å².